The Morgan fingerprint density at radius 1 is 1.88 bits per heavy atom. The van der Waals surface area contributed by atoms with Gasteiger partial charge in [0.2, 0.25) is 0 Å². The Labute approximate surface area is 47.0 Å². The first-order chi connectivity index (χ1) is 3.70. The molecule has 4 nitrogen and oxygen atoms in total. The molecular formula is C4H8N2O2. The van der Waals surface area contributed by atoms with Crippen molar-refractivity contribution in [3.63, 3.8) is 0 Å². The van der Waals surface area contributed by atoms with Crippen molar-refractivity contribution in [2.75, 3.05) is 0 Å². The Hall–Kier alpha value is -0.770. The standard InChI is InChI=1S/C4H8N2O2/c1-2-3(5)6-4(7)8-2/h2-3H,5H2,1H3,(H,6,7). The van der Waals surface area contributed by atoms with Gasteiger partial charge in [-0.3, -0.25) is 0 Å². The number of rotatable bonds is 0. The number of hydrogen-bond acceptors (Lipinski definition) is 3. The highest BCUT2D eigenvalue weighted by Crippen LogP contribution is 2.01. The lowest BCUT2D eigenvalue weighted by Crippen LogP contribution is -2.38. The lowest BCUT2D eigenvalue weighted by atomic mass is 10.3. The average molecular weight is 116 g/mol. The van der Waals surface area contributed by atoms with Crippen LogP contribution in [0.1, 0.15) is 6.92 Å². The molecule has 0 radical (unpaired) electrons. The Bertz CT molecular complexity index is 103. The van der Waals surface area contributed by atoms with E-state index in [2.05, 4.69) is 10.1 Å². The van der Waals surface area contributed by atoms with E-state index >= 15 is 0 Å². The zero-order valence-corrected chi connectivity index (χ0v) is 4.55. The fourth-order valence-electron chi connectivity index (χ4n) is 0.530. The predicted octanol–water partition coefficient (Wildman–Crippen LogP) is -0.601. The van der Waals surface area contributed by atoms with Crippen molar-refractivity contribution in [3.05, 3.63) is 0 Å². The Morgan fingerprint density at radius 2 is 2.50 bits per heavy atom. The van der Waals surface area contributed by atoms with Crippen LogP contribution in [-0.4, -0.2) is 18.4 Å². The van der Waals surface area contributed by atoms with Crippen LogP contribution in [0.25, 0.3) is 0 Å². The van der Waals surface area contributed by atoms with Gasteiger partial charge in [0, 0.05) is 0 Å². The van der Waals surface area contributed by atoms with Gasteiger partial charge in [0.25, 0.3) is 0 Å². The number of carbonyl (C=O) groups excluding carboxylic acids is 1. The summed E-state index contributed by atoms with van der Waals surface area (Å²) in [7, 11) is 0. The van der Waals surface area contributed by atoms with E-state index in [9.17, 15) is 4.79 Å². The summed E-state index contributed by atoms with van der Waals surface area (Å²) < 4.78 is 4.60. The van der Waals surface area contributed by atoms with Crippen molar-refractivity contribution in [1.29, 1.82) is 0 Å². The van der Waals surface area contributed by atoms with Crippen molar-refractivity contribution >= 4 is 6.09 Å². The first kappa shape index (κ1) is 5.37. The van der Waals surface area contributed by atoms with Gasteiger partial charge in [-0.05, 0) is 6.92 Å². The number of amides is 1. The molecule has 3 N–H and O–H groups in total. The largest absolute Gasteiger partial charge is 0.443 e. The third-order valence-corrected chi connectivity index (χ3v) is 1.08. The molecule has 0 bridgehead atoms. The second kappa shape index (κ2) is 1.63. The van der Waals surface area contributed by atoms with Gasteiger partial charge in [-0.25, -0.2) is 4.79 Å². The van der Waals surface area contributed by atoms with E-state index < -0.39 is 6.09 Å². The number of carbonyl (C=O) groups is 1. The molecule has 1 fully saturated rings. The second-order valence-electron chi connectivity index (χ2n) is 1.78. The minimum absolute atomic E-state index is 0.192. The molecule has 1 amide bonds. The minimum Gasteiger partial charge on any atom is -0.443 e. The van der Waals surface area contributed by atoms with Gasteiger partial charge in [0.15, 0.2) is 0 Å². The fourth-order valence-corrected chi connectivity index (χ4v) is 0.530. The van der Waals surface area contributed by atoms with Gasteiger partial charge in [0.1, 0.15) is 12.3 Å². The normalized spacial score (nSPS) is 36.5. The molecule has 1 heterocycles. The summed E-state index contributed by atoms with van der Waals surface area (Å²) in [6.07, 6.45) is -0.949. The maximum atomic E-state index is 10.3. The van der Waals surface area contributed by atoms with Crippen molar-refractivity contribution in [3.8, 4) is 0 Å². The molecule has 0 spiro atoms. The lowest BCUT2D eigenvalue weighted by molar-refractivity contribution is 0.141. The quantitative estimate of drug-likeness (QED) is 0.444. The molecule has 4 heteroatoms. The third-order valence-electron chi connectivity index (χ3n) is 1.08. The zero-order chi connectivity index (χ0) is 6.15. The maximum absolute atomic E-state index is 10.3. The van der Waals surface area contributed by atoms with E-state index in [0.29, 0.717) is 0 Å². The van der Waals surface area contributed by atoms with Gasteiger partial charge in [-0.2, -0.15) is 0 Å². The van der Waals surface area contributed by atoms with E-state index in [4.69, 9.17) is 5.73 Å². The van der Waals surface area contributed by atoms with Crippen LogP contribution >= 0.6 is 0 Å². The van der Waals surface area contributed by atoms with Crippen LogP contribution < -0.4 is 11.1 Å². The molecule has 2 unspecified atom stereocenters. The van der Waals surface area contributed by atoms with Crippen LogP contribution in [0.4, 0.5) is 4.79 Å². The highest BCUT2D eigenvalue weighted by Gasteiger charge is 2.26. The zero-order valence-electron chi connectivity index (χ0n) is 4.55. The van der Waals surface area contributed by atoms with E-state index in [1.165, 1.54) is 0 Å². The number of alkyl carbamates (subject to hydrolysis) is 1. The molecule has 0 aromatic carbocycles. The number of ether oxygens (including phenoxy) is 1. The summed E-state index contributed by atoms with van der Waals surface area (Å²) in [5, 5.41) is 2.38. The second-order valence-corrected chi connectivity index (χ2v) is 1.78. The lowest BCUT2D eigenvalue weighted by Gasteiger charge is -2.02. The van der Waals surface area contributed by atoms with Crippen molar-refractivity contribution in [2.45, 2.75) is 19.2 Å². The summed E-state index contributed by atoms with van der Waals surface area (Å²) >= 11 is 0. The maximum Gasteiger partial charge on any atom is 0.408 e. The smallest absolute Gasteiger partial charge is 0.408 e. The number of cyclic esters (lactones) is 1. The highest BCUT2D eigenvalue weighted by atomic mass is 16.6. The molecule has 0 aromatic heterocycles. The van der Waals surface area contributed by atoms with Gasteiger partial charge < -0.3 is 15.8 Å². The molecular weight excluding hydrogens is 108 g/mol. The predicted molar refractivity (Wildman–Crippen MR) is 27.1 cm³/mol. The molecule has 0 aromatic rings. The first-order valence-corrected chi connectivity index (χ1v) is 2.43. The van der Waals surface area contributed by atoms with Crippen LogP contribution in [0.5, 0.6) is 0 Å². The number of hydrogen-bond donors (Lipinski definition) is 2. The van der Waals surface area contributed by atoms with E-state index in [1.54, 1.807) is 6.92 Å². The van der Waals surface area contributed by atoms with Crippen LogP contribution in [0.2, 0.25) is 0 Å². The summed E-state index contributed by atoms with van der Waals surface area (Å²) in [6.45, 7) is 1.74. The molecule has 1 saturated heterocycles. The third kappa shape index (κ3) is 0.742. The summed E-state index contributed by atoms with van der Waals surface area (Å²) in [5.74, 6) is 0. The van der Waals surface area contributed by atoms with Crippen LogP contribution in [0, 0.1) is 0 Å². The van der Waals surface area contributed by atoms with E-state index in [0.717, 1.165) is 0 Å². The molecule has 2 atom stereocenters. The van der Waals surface area contributed by atoms with Gasteiger partial charge in [-0.15, -0.1) is 0 Å². The van der Waals surface area contributed by atoms with Crippen molar-refractivity contribution < 1.29 is 9.53 Å². The molecule has 0 saturated carbocycles. The van der Waals surface area contributed by atoms with Crippen LogP contribution in [-0.2, 0) is 4.74 Å². The number of nitrogens with two attached hydrogens (primary N) is 1. The fraction of sp³-hybridized carbons (Fsp3) is 0.750. The Balaban J connectivity index is 2.51. The minimum atomic E-state index is -0.426. The van der Waals surface area contributed by atoms with Crippen molar-refractivity contribution in [1.82, 2.24) is 5.32 Å². The monoisotopic (exact) mass is 116 g/mol. The number of nitrogens with one attached hydrogen (secondary N) is 1. The molecule has 0 aliphatic carbocycles. The average Bonchev–Trinajstić information content (AvgIpc) is 1.85. The van der Waals surface area contributed by atoms with Crippen LogP contribution in [0.15, 0.2) is 0 Å². The molecule has 8 heavy (non-hydrogen) atoms. The Morgan fingerprint density at radius 3 is 2.62 bits per heavy atom. The summed E-state index contributed by atoms with van der Waals surface area (Å²) in [5.41, 5.74) is 5.31. The SMILES string of the molecule is CC1OC(=O)NC1N. The Kier molecular flexibility index (Phi) is 1.09. The topological polar surface area (TPSA) is 64.3 Å². The molecule has 1 aliphatic rings. The molecule has 1 rings (SSSR count). The van der Waals surface area contributed by atoms with Gasteiger partial charge in [-0.1, -0.05) is 0 Å². The molecule has 1 aliphatic heterocycles. The van der Waals surface area contributed by atoms with Crippen molar-refractivity contribution in [2.24, 2.45) is 5.73 Å². The van der Waals surface area contributed by atoms with E-state index in [1.807, 2.05) is 0 Å². The van der Waals surface area contributed by atoms with E-state index in [-0.39, 0.29) is 12.3 Å². The van der Waals surface area contributed by atoms with Gasteiger partial charge >= 0.3 is 6.09 Å². The highest BCUT2D eigenvalue weighted by molar-refractivity contribution is 5.69. The summed E-state index contributed by atoms with van der Waals surface area (Å²) in [6, 6.07) is 0. The molecule has 46 valence electrons. The summed E-state index contributed by atoms with van der Waals surface area (Å²) in [4.78, 5) is 10.3. The van der Waals surface area contributed by atoms with Crippen LogP contribution in [0.3, 0.4) is 0 Å². The first-order valence-electron chi connectivity index (χ1n) is 2.43. The van der Waals surface area contributed by atoms with Gasteiger partial charge in [0.05, 0.1) is 0 Å².